The van der Waals surface area contributed by atoms with Gasteiger partial charge in [0, 0.05) is 20.3 Å². The van der Waals surface area contributed by atoms with Crippen LogP contribution in [0.2, 0.25) is 0 Å². The van der Waals surface area contributed by atoms with E-state index in [4.69, 9.17) is 4.74 Å². The van der Waals surface area contributed by atoms with Crippen molar-refractivity contribution in [3.63, 3.8) is 0 Å². The van der Waals surface area contributed by atoms with Gasteiger partial charge in [0.25, 0.3) is 11.8 Å². The highest BCUT2D eigenvalue weighted by atomic mass is 16.5. The highest BCUT2D eigenvalue weighted by Crippen LogP contribution is 2.39. The molecule has 0 bridgehead atoms. The van der Waals surface area contributed by atoms with E-state index < -0.39 is 17.6 Å². The summed E-state index contributed by atoms with van der Waals surface area (Å²) in [5.74, 6) is -1.46. The van der Waals surface area contributed by atoms with Crippen LogP contribution in [0.3, 0.4) is 0 Å². The van der Waals surface area contributed by atoms with E-state index in [0.717, 1.165) is 4.90 Å². The molecule has 6 nitrogen and oxygen atoms in total. The van der Waals surface area contributed by atoms with Crippen LogP contribution in [0.25, 0.3) is 10.8 Å². The zero-order valence-corrected chi connectivity index (χ0v) is 12.5. The first kappa shape index (κ1) is 15.2. The fourth-order valence-corrected chi connectivity index (χ4v) is 2.93. The average molecular weight is 313 g/mol. The lowest BCUT2D eigenvalue weighted by Gasteiger charge is -2.12. The lowest BCUT2D eigenvalue weighted by Crippen LogP contribution is -2.31. The van der Waals surface area contributed by atoms with Gasteiger partial charge in [-0.3, -0.25) is 19.3 Å². The third-order valence-electron chi connectivity index (χ3n) is 3.99. The SMILES string of the molecule is COCCCN1C(=O)c2c(O)c(C=O)c3ccccc3c2C1=O. The van der Waals surface area contributed by atoms with Gasteiger partial charge in [-0.15, -0.1) is 0 Å². The van der Waals surface area contributed by atoms with Crippen LogP contribution in [0.15, 0.2) is 24.3 Å². The number of benzene rings is 2. The topological polar surface area (TPSA) is 83.9 Å². The van der Waals surface area contributed by atoms with Crippen LogP contribution < -0.4 is 0 Å². The van der Waals surface area contributed by atoms with Gasteiger partial charge in [-0.05, 0) is 17.2 Å². The number of methoxy groups -OCH3 is 1. The van der Waals surface area contributed by atoms with Crippen molar-refractivity contribution in [3.8, 4) is 5.75 Å². The number of carbonyl (C=O) groups excluding carboxylic acids is 3. The number of rotatable bonds is 5. The Morgan fingerprint density at radius 1 is 1.13 bits per heavy atom. The number of aromatic hydroxyl groups is 1. The lowest BCUT2D eigenvalue weighted by molar-refractivity contribution is 0.0638. The first-order valence-corrected chi connectivity index (χ1v) is 7.19. The molecular weight excluding hydrogens is 298 g/mol. The number of ether oxygens (including phenoxy) is 1. The summed E-state index contributed by atoms with van der Waals surface area (Å²) in [5.41, 5.74) is 0.0959. The van der Waals surface area contributed by atoms with E-state index >= 15 is 0 Å². The zero-order chi connectivity index (χ0) is 16.6. The fraction of sp³-hybridized carbons (Fsp3) is 0.235. The molecule has 1 heterocycles. The van der Waals surface area contributed by atoms with Gasteiger partial charge >= 0.3 is 0 Å². The van der Waals surface area contributed by atoms with E-state index in [-0.39, 0.29) is 23.2 Å². The highest BCUT2D eigenvalue weighted by Gasteiger charge is 2.40. The van der Waals surface area contributed by atoms with Gasteiger partial charge in [-0.2, -0.15) is 0 Å². The zero-order valence-electron chi connectivity index (χ0n) is 12.5. The van der Waals surface area contributed by atoms with Crippen molar-refractivity contribution in [3.05, 3.63) is 41.0 Å². The van der Waals surface area contributed by atoms with Crippen LogP contribution in [0, 0.1) is 0 Å². The number of carbonyl (C=O) groups is 3. The maximum absolute atomic E-state index is 12.6. The molecule has 0 aliphatic carbocycles. The van der Waals surface area contributed by atoms with E-state index in [9.17, 15) is 19.5 Å². The number of fused-ring (bicyclic) bond motifs is 3. The maximum Gasteiger partial charge on any atom is 0.265 e. The third-order valence-corrected chi connectivity index (χ3v) is 3.99. The average Bonchev–Trinajstić information content (AvgIpc) is 2.81. The first-order chi connectivity index (χ1) is 11.1. The molecule has 0 atom stereocenters. The predicted molar refractivity (Wildman–Crippen MR) is 82.9 cm³/mol. The number of phenols is 1. The molecule has 0 spiro atoms. The fourth-order valence-electron chi connectivity index (χ4n) is 2.93. The van der Waals surface area contributed by atoms with Gasteiger partial charge in [0.2, 0.25) is 0 Å². The summed E-state index contributed by atoms with van der Waals surface area (Å²) in [6, 6.07) is 6.74. The lowest BCUT2D eigenvalue weighted by atomic mass is 9.95. The van der Waals surface area contributed by atoms with Crippen LogP contribution in [0.5, 0.6) is 5.75 Å². The summed E-state index contributed by atoms with van der Waals surface area (Å²) in [6.07, 6.45) is 1.00. The van der Waals surface area contributed by atoms with E-state index in [0.29, 0.717) is 30.1 Å². The number of imide groups is 1. The minimum atomic E-state index is -0.576. The van der Waals surface area contributed by atoms with Crippen LogP contribution in [-0.2, 0) is 4.74 Å². The van der Waals surface area contributed by atoms with Crippen molar-refractivity contribution in [2.45, 2.75) is 6.42 Å². The monoisotopic (exact) mass is 313 g/mol. The molecule has 0 fully saturated rings. The van der Waals surface area contributed by atoms with Crippen LogP contribution in [0.1, 0.15) is 37.5 Å². The molecular formula is C17H15NO5. The predicted octanol–water partition coefficient (Wildman–Crippen LogP) is 1.99. The van der Waals surface area contributed by atoms with Crippen molar-refractivity contribution in [2.75, 3.05) is 20.3 Å². The molecule has 2 aromatic carbocycles. The normalized spacial score (nSPS) is 13.7. The minimum absolute atomic E-state index is 0.0271. The van der Waals surface area contributed by atoms with Crippen LogP contribution in [0.4, 0.5) is 0 Å². The van der Waals surface area contributed by atoms with Gasteiger partial charge in [-0.1, -0.05) is 24.3 Å². The Bertz CT molecular complexity index is 827. The molecule has 0 radical (unpaired) electrons. The molecule has 0 unspecified atom stereocenters. The molecule has 2 aromatic rings. The van der Waals surface area contributed by atoms with E-state index in [1.807, 2.05) is 0 Å². The number of hydrogen-bond donors (Lipinski definition) is 1. The minimum Gasteiger partial charge on any atom is -0.506 e. The standard InChI is InChI=1S/C17H15NO5/c1-23-8-4-7-18-16(21)13-11-6-3-2-5-10(11)12(9-19)15(20)14(13)17(18)22/h2-3,5-6,9,20H,4,7-8H2,1H3. The first-order valence-electron chi connectivity index (χ1n) is 7.19. The number of amides is 2. The summed E-state index contributed by atoms with van der Waals surface area (Å²) in [6.45, 7) is 0.615. The van der Waals surface area contributed by atoms with Crippen molar-refractivity contribution < 1.29 is 24.2 Å². The summed E-state index contributed by atoms with van der Waals surface area (Å²) < 4.78 is 4.93. The quantitative estimate of drug-likeness (QED) is 0.518. The third kappa shape index (κ3) is 2.19. The molecule has 6 heteroatoms. The van der Waals surface area contributed by atoms with Crippen molar-refractivity contribution in [1.82, 2.24) is 4.90 Å². The number of hydrogen-bond acceptors (Lipinski definition) is 5. The molecule has 3 rings (SSSR count). The molecule has 0 saturated heterocycles. The van der Waals surface area contributed by atoms with Gasteiger partial charge in [0.05, 0.1) is 16.7 Å². The largest absolute Gasteiger partial charge is 0.506 e. The summed E-state index contributed by atoms with van der Waals surface area (Å²) in [5, 5.41) is 11.3. The Labute approximate surface area is 132 Å². The molecule has 1 aliphatic heterocycles. The molecule has 118 valence electrons. The Morgan fingerprint density at radius 2 is 1.78 bits per heavy atom. The summed E-state index contributed by atoms with van der Waals surface area (Å²) in [4.78, 5) is 37.6. The van der Waals surface area contributed by atoms with Gasteiger partial charge in [0.1, 0.15) is 5.75 Å². The second-order valence-corrected chi connectivity index (χ2v) is 5.28. The Kier molecular flexibility index (Phi) is 3.83. The van der Waals surface area contributed by atoms with Crippen LogP contribution >= 0.6 is 0 Å². The van der Waals surface area contributed by atoms with E-state index in [2.05, 4.69) is 0 Å². The Hall–Kier alpha value is -2.73. The number of nitrogens with zero attached hydrogens (tertiary/aromatic N) is 1. The van der Waals surface area contributed by atoms with Gasteiger partial charge in [0.15, 0.2) is 6.29 Å². The van der Waals surface area contributed by atoms with Crippen molar-refractivity contribution >= 4 is 28.9 Å². The van der Waals surface area contributed by atoms with Crippen molar-refractivity contribution in [1.29, 1.82) is 0 Å². The number of aldehydes is 1. The second-order valence-electron chi connectivity index (χ2n) is 5.28. The molecule has 1 aliphatic rings. The molecule has 0 aromatic heterocycles. The Morgan fingerprint density at radius 3 is 2.43 bits per heavy atom. The molecule has 2 amide bonds. The van der Waals surface area contributed by atoms with Gasteiger partial charge < -0.3 is 9.84 Å². The molecule has 0 saturated carbocycles. The van der Waals surface area contributed by atoms with Crippen molar-refractivity contribution in [2.24, 2.45) is 0 Å². The van der Waals surface area contributed by atoms with Gasteiger partial charge in [-0.25, -0.2) is 0 Å². The Balaban J connectivity index is 2.20. The molecule has 1 N–H and O–H groups in total. The summed E-state index contributed by atoms with van der Waals surface area (Å²) in [7, 11) is 1.54. The maximum atomic E-state index is 12.6. The molecule has 23 heavy (non-hydrogen) atoms. The van der Waals surface area contributed by atoms with E-state index in [1.54, 1.807) is 24.3 Å². The smallest absolute Gasteiger partial charge is 0.265 e. The van der Waals surface area contributed by atoms with Crippen LogP contribution in [-0.4, -0.2) is 48.4 Å². The highest BCUT2D eigenvalue weighted by molar-refractivity contribution is 6.29. The second kappa shape index (κ2) is 5.81. The number of phenolic OH excluding ortho intramolecular Hbond substituents is 1. The van der Waals surface area contributed by atoms with E-state index in [1.165, 1.54) is 7.11 Å². The summed E-state index contributed by atoms with van der Waals surface area (Å²) >= 11 is 0.